The summed E-state index contributed by atoms with van der Waals surface area (Å²) in [5.41, 5.74) is 0.355. The van der Waals surface area contributed by atoms with Gasteiger partial charge in [0.2, 0.25) is 0 Å². The number of hydrogen-bond acceptors (Lipinski definition) is 3. The standard InChI is InChI=1S/C7H7ClN2O2/c8-5-10(12)7(11)6-1-3-9-4-2-6/h1-4,12H,5H2. The van der Waals surface area contributed by atoms with E-state index < -0.39 is 5.91 Å². The average Bonchev–Trinajstić information content (AvgIpc) is 2.17. The minimum absolute atomic E-state index is 0.249. The first kappa shape index (κ1) is 8.96. The quantitative estimate of drug-likeness (QED) is 0.326. The van der Waals surface area contributed by atoms with Gasteiger partial charge in [-0.25, -0.2) is 5.06 Å². The number of aromatic nitrogens is 1. The van der Waals surface area contributed by atoms with Crippen molar-refractivity contribution in [3.05, 3.63) is 30.1 Å². The molecule has 1 aromatic heterocycles. The molecule has 0 aromatic carbocycles. The lowest BCUT2D eigenvalue weighted by Crippen LogP contribution is -2.25. The lowest BCUT2D eigenvalue weighted by Gasteiger charge is -2.09. The van der Waals surface area contributed by atoms with Gasteiger partial charge in [-0.2, -0.15) is 0 Å². The van der Waals surface area contributed by atoms with Crippen molar-refractivity contribution in [2.24, 2.45) is 0 Å². The number of amides is 1. The minimum atomic E-state index is -0.535. The molecule has 0 saturated carbocycles. The van der Waals surface area contributed by atoms with Crippen LogP contribution in [0.4, 0.5) is 0 Å². The maximum absolute atomic E-state index is 11.1. The summed E-state index contributed by atoms with van der Waals surface area (Å²) in [5, 5.41) is 9.34. The molecule has 64 valence electrons. The van der Waals surface area contributed by atoms with Crippen LogP contribution in [0.25, 0.3) is 0 Å². The molecule has 1 heterocycles. The molecular formula is C7H7ClN2O2. The van der Waals surface area contributed by atoms with Crippen molar-refractivity contribution in [1.29, 1.82) is 0 Å². The molecule has 0 atom stereocenters. The average molecular weight is 187 g/mol. The normalized spacial score (nSPS) is 9.50. The van der Waals surface area contributed by atoms with Crippen LogP contribution in [-0.2, 0) is 0 Å². The zero-order valence-electron chi connectivity index (χ0n) is 6.14. The summed E-state index contributed by atoms with van der Waals surface area (Å²) in [6.07, 6.45) is 2.94. The predicted octanol–water partition coefficient (Wildman–Crippen LogP) is 1.11. The highest BCUT2D eigenvalue weighted by atomic mass is 35.5. The van der Waals surface area contributed by atoms with Crippen LogP contribution in [0, 0.1) is 0 Å². The molecule has 1 amide bonds. The van der Waals surface area contributed by atoms with Crippen molar-refractivity contribution in [2.45, 2.75) is 0 Å². The Balaban J connectivity index is 2.79. The maximum atomic E-state index is 11.1. The molecule has 5 heteroatoms. The van der Waals surface area contributed by atoms with E-state index in [9.17, 15) is 4.79 Å². The smallest absolute Gasteiger partial charge is 0.278 e. The fraction of sp³-hybridized carbons (Fsp3) is 0.143. The summed E-state index contributed by atoms with van der Waals surface area (Å²) < 4.78 is 0. The number of nitrogens with zero attached hydrogens (tertiary/aromatic N) is 2. The summed E-state index contributed by atoms with van der Waals surface area (Å²) >= 11 is 5.24. The van der Waals surface area contributed by atoms with Gasteiger partial charge < -0.3 is 0 Å². The van der Waals surface area contributed by atoms with E-state index in [1.54, 1.807) is 0 Å². The number of pyridine rings is 1. The summed E-state index contributed by atoms with van der Waals surface area (Å²) in [4.78, 5) is 14.9. The Bertz CT molecular complexity index is 265. The highest BCUT2D eigenvalue weighted by molar-refractivity contribution is 6.18. The number of carbonyl (C=O) groups excluding carboxylic acids is 1. The molecule has 0 spiro atoms. The van der Waals surface area contributed by atoms with Crippen LogP contribution in [0.3, 0.4) is 0 Å². The number of hydroxylamine groups is 2. The van der Waals surface area contributed by atoms with Crippen LogP contribution >= 0.6 is 11.6 Å². The van der Waals surface area contributed by atoms with E-state index in [2.05, 4.69) is 4.98 Å². The molecule has 0 bridgehead atoms. The maximum Gasteiger partial charge on any atom is 0.278 e. The second-order valence-corrected chi connectivity index (χ2v) is 2.30. The number of hydrogen-bond donors (Lipinski definition) is 1. The molecule has 12 heavy (non-hydrogen) atoms. The van der Waals surface area contributed by atoms with Gasteiger partial charge >= 0.3 is 0 Å². The van der Waals surface area contributed by atoms with Crippen LogP contribution in [0.2, 0.25) is 0 Å². The highest BCUT2D eigenvalue weighted by Crippen LogP contribution is 2.01. The Kier molecular flexibility index (Phi) is 3.01. The Morgan fingerprint density at radius 2 is 2.17 bits per heavy atom. The van der Waals surface area contributed by atoms with E-state index in [1.807, 2.05) is 0 Å². The SMILES string of the molecule is O=C(c1ccncc1)N(O)CCl. The van der Waals surface area contributed by atoms with Gasteiger partial charge in [0.15, 0.2) is 0 Å². The van der Waals surface area contributed by atoms with Crippen LogP contribution in [0.5, 0.6) is 0 Å². The summed E-state index contributed by atoms with van der Waals surface area (Å²) in [7, 11) is 0. The Morgan fingerprint density at radius 3 is 2.67 bits per heavy atom. The van der Waals surface area contributed by atoms with Crippen molar-refractivity contribution in [3.63, 3.8) is 0 Å². The molecule has 0 unspecified atom stereocenters. The second kappa shape index (κ2) is 4.04. The van der Waals surface area contributed by atoms with E-state index >= 15 is 0 Å². The van der Waals surface area contributed by atoms with E-state index in [-0.39, 0.29) is 6.00 Å². The Labute approximate surface area is 74.4 Å². The van der Waals surface area contributed by atoms with E-state index in [1.165, 1.54) is 24.5 Å². The van der Waals surface area contributed by atoms with Crippen LogP contribution in [0.15, 0.2) is 24.5 Å². The monoisotopic (exact) mass is 186 g/mol. The molecule has 1 rings (SSSR count). The first-order chi connectivity index (χ1) is 5.75. The Morgan fingerprint density at radius 1 is 1.58 bits per heavy atom. The van der Waals surface area contributed by atoms with E-state index in [4.69, 9.17) is 16.8 Å². The van der Waals surface area contributed by atoms with Crippen molar-refractivity contribution in [1.82, 2.24) is 10.0 Å². The molecule has 0 fully saturated rings. The first-order valence-electron chi connectivity index (χ1n) is 3.22. The largest absolute Gasteiger partial charge is 0.284 e. The third-order valence-electron chi connectivity index (χ3n) is 1.27. The minimum Gasteiger partial charge on any atom is -0.284 e. The van der Waals surface area contributed by atoms with Gasteiger partial charge in [-0.05, 0) is 12.1 Å². The fourth-order valence-corrected chi connectivity index (χ4v) is 0.806. The van der Waals surface area contributed by atoms with Crippen LogP contribution in [0.1, 0.15) is 10.4 Å². The van der Waals surface area contributed by atoms with Crippen molar-refractivity contribution in [3.8, 4) is 0 Å². The zero-order valence-corrected chi connectivity index (χ0v) is 6.90. The van der Waals surface area contributed by atoms with Crippen molar-refractivity contribution >= 4 is 17.5 Å². The Hall–Kier alpha value is -1.13. The van der Waals surface area contributed by atoms with Crippen LogP contribution < -0.4 is 0 Å². The predicted molar refractivity (Wildman–Crippen MR) is 42.9 cm³/mol. The third kappa shape index (κ3) is 1.93. The molecule has 1 N–H and O–H groups in total. The molecular weight excluding hydrogens is 180 g/mol. The third-order valence-corrected chi connectivity index (χ3v) is 1.50. The summed E-state index contributed by atoms with van der Waals surface area (Å²) in [6, 6.07) is 2.75. The first-order valence-corrected chi connectivity index (χ1v) is 3.76. The lowest BCUT2D eigenvalue weighted by molar-refractivity contribution is -0.0440. The highest BCUT2D eigenvalue weighted by Gasteiger charge is 2.10. The van der Waals surface area contributed by atoms with Gasteiger partial charge in [-0.3, -0.25) is 15.0 Å². The van der Waals surface area contributed by atoms with Gasteiger partial charge in [0.05, 0.1) is 0 Å². The number of alkyl halides is 1. The number of halogens is 1. The van der Waals surface area contributed by atoms with E-state index in [0.717, 1.165) is 0 Å². The number of carbonyl (C=O) groups is 1. The second-order valence-electron chi connectivity index (χ2n) is 2.06. The molecule has 0 radical (unpaired) electrons. The molecule has 0 aliphatic heterocycles. The fourth-order valence-electron chi connectivity index (χ4n) is 0.698. The molecule has 0 aliphatic rings. The molecule has 0 saturated heterocycles. The van der Waals surface area contributed by atoms with Gasteiger partial charge in [0.25, 0.3) is 5.91 Å². The van der Waals surface area contributed by atoms with Crippen molar-refractivity contribution in [2.75, 3.05) is 6.00 Å². The topological polar surface area (TPSA) is 53.4 Å². The van der Waals surface area contributed by atoms with Gasteiger partial charge in [-0.15, -0.1) is 11.6 Å². The molecule has 0 aliphatic carbocycles. The summed E-state index contributed by atoms with van der Waals surface area (Å²) in [5.74, 6) is -0.535. The summed E-state index contributed by atoms with van der Waals surface area (Å²) in [6.45, 7) is 0. The zero-order chi connectivity index (χ0) is 8.97. The molecule has 4 nitrogen and oxygen atoms in total. The van der Waals surface area contributed by atoms with Crippen LogP contribution in [-0.4, -0.2) is 27.2 Å². The van der Waals surface area contributed by atoms with Gasteiger partial charge in [0, 0.05) is 18.0 Å². The molecule has 1 aromatic rings. The van der Waals surface area contributed by atoms with Gasteiger partial charge in [0.1, 0.15) is 6.00 Å². The lowest BCUT2D eigenvalue weighted by atomic mass is 10.2. The van der Waals surface area contributed by atoms with Gasteiger partial charge in [-0.1, -0.05) is 0 Å². The van der Waals surface area contributed by atoms with Crippen molar-refractivity contribution < 1.29 is 10.0 Å². The van der Waals surface area contributed by atoms with E-state index in [0.29, 0.717) is 10.6 Å². The number of rotatable bonds is 2.